The largest absolute Gasteiger partial charge is 0.243 e. The Kier molecular flexibility index (Phi) is 2.42. The van der Waals surface area contributed by atoms with Gasteiger partial charge in [0.1, 0.15) is 6.33 Å². The van der Waals surface area contributed by atoms with Gasteiger partial charge >= 0.3 is 0 Å². The summed E-state index contributed by atoms with van der Waals surface area (Å²) in [6.45, 7) is 0. The van der Waals surface area contributed by atoms with Crippen LogP contribution in [0.3, 0.4) is 0 Å². The third kappa shape index (κ3) is 1.83. The van der Waals surface area contributed by atoms with Gasteiger partial charge in [-0.3, -0.25) is 0 Å². The molecule has 1 N–H and O–H groups in total. The van der Waals surface area contributed by atoms with Crippen molar-refractivity contribution in [1.29, 1.82) is 0 Å². The lowest BCUT2D eigenvalue weighted by Crippen LogP contribution is -2.47. The molecule has 1 aromatic carbocycles. The van der Waals surface area contributed by atoms with E-state index >= 15 is 0 Å². The number of rotatable bonds is 1. The molecule has 0 saturated heterocycles. The summed E-state index contributed by atoms with van der Waals surface area (Å²) in [5.74, 6) is 0. The molecule has 5 nitrogen and oxygen atoms in total. The Morgan fingerprint density at radius 3 is 2.76 bits per heavy atom. The fourth-order valence-electron chi connectivity index (χ4n) is 1.52. The molecule has 0 bridgehead atoms. The Hall–Kier alpha value is -1.72. The third-order valence-corrected chi connectivity index (χ3v) is 3.07. The van der Waals surface area contributed by atoms with E-state index in [9.17, 15) is 0 Å². The van der Waals surface area contributed by atoms with Crippen molar-refractivity contribution in [3.8, 4) is 0 Å². The highest BCUT2D eigenvalue weighted by molar-refractivity contribution is 6.41. The smallest absolute Gasteiger partial charge is 0.116 e. The summed E-state index contributed by atoms with van der Waals surface area (Å²) in [6.07, 6.45) is 6.98. The van der Waals surface area contributed by atoms with Crippen LogP contribution in [-0.2, 0) is 0 Å². The number of imidazole rings is 1. The van der Waals surface area contributed by atoms with Gasteiger partial charge in [-0.15, -0.1) is 0 Å². The van der Waals surface area contributed by atoms with E-state index in [0.717, 1.165) is 10.6 Å². The van der Waals surface area contributed by atoms with Gasteiger partial charge in [-0.1, -0.05) is 23.2 Å². The molecule has 17 heavy (non-hydrogen) atoms. The summed E-state index contributed by atoms with van der Waals surface area (Å²) in [7, 11) is 0. The predicted octanol–water partition coefficient (Wildman–Crippen LogP) is 0.619. The summed E-state index contributed by atoms with van der Waals surface area (Å²) in [6, 6.07) is 3.49. The minimum absolute atomic E-state index is 0.487. The van der Waals surface area contributed by atoms with Gasteiger partial charge in [0.2, 0.25) is 0 Å². The van der Waals surface area contributed by atoms with Gasteiger partial charge in [0.15, 0.2) is 0 Å². The average molecular weight is 268 g/mol. The van der Waals surface area contributed by atoms with Crippen molar-refractivity contribution < 1.29 is 0 Å². The van der Waals surface area contributed by atoms with E-state index in [1.807, 2.05) is 6.20 Å². The van der Waals surface area contributed by atoms with Gasteiger partial charge in [0, 0.05) is 17.6 Å². The molecule has 0 saturated carbocycles. The maximum atomic E-state index is 5.97. The van der Waals surface area contributed by atoms with E-state index in [1.54, 1.807) is 40.6 Å². The molecule has 0 atom stereocenters. The fourth-order valence-corrected chi connectivity index (χ4v) is 1.85. The van der Waals surface area contributed by atoms with Gasteiger partial charge in [-0.2, -0.15) is 15.8 Å². The van der Waals surface area contributed by atoms with Crippen molar-refractivity contribution in [3.63, 3.8) is 0 Å². The van der Waals surface area contributed by atoms with Crippen molar-refractivity contribution in [2.24, 2.45) is 5.10 Å². The monoisotopic (exact) mass is 267 g/mol. The molecule has 0 spiro atoms. The first kappa shape index (κ1) is 10.4. The number of aromatic nitrogens is 2. The molecule has 2 aromatic rings. The van der Waals surface area contributed by atoms with E-state index in [1.165, 1.54) is 0 Å². The van der Waals surface area contributed by atoms with Crippen LogP contribution in [0.4, 0.5) is 0 Å². The number of nitrogens with one attached hydrogen (secondary N) is 1. The second-order valence-corrected chi connectivity index (χ2v) is 4.27. The molecule has 1 aliphatic heterocycles. The first-order chi connectivity index (χ1) is 8.24. The number of fused-ring (bicyclic) bond motifs is 1. The highest BCUT2D eigenvalue weighted by Gasteiger charge is 2.06. The topological polar surface area (TPSA) is 45.5 Å². The molecule has 1 aliphatic rings. The minimum atomic E-state index is 0.487. The summed E-state index contributed by atoms with van der Waals surface area (Å²) in [5, 5.41) is 8.48. The van der Waals surface area contributed by atoms with Crippen LogP contribution in [0.15, 0.2) is 36.0 Å². The lowest BCUT2D eigenvalue weighted by atomic mass is 10.3. The Morgan fingerprint density at radius 2 is 2.00 bits per heavy atom. The molecule has 0 fully saturated rings. The fraction of sp³-hybridized carbons (Fsp3) is 0. The molecule has 7 heteroatoms. The van der Waals surface area contributed by atoms with Crippen LogP contribution < -0.4 is 21.2 Å². The molecule has 0 aliphatic carbocycles. The van der Waals surface area contributed by atoms with Gasteiger partial charge in [-0.05, 0) is 12.1 Å². The normalized spacial score (nSPS) is 13.4. The summed E-state index contributed by atoms with van der Waals surface area (Å²) in [4.78, 5) is 3.96. The van der Waals surface area contributed by atoms with Crippen LogP contribution in [0, 0.1) is 0 Å². The van der Waals surface area contributed by atoms with Crippen molar-refractivity contribution in [1.82, 2.24) is 15.2 Å². The molecule has 86 valence electrons. The number of hydrazine groups is 1. The molecule has 0 unspecified atom stereocenters. The number of hydrogen-bond donors (Lipinski definition) is 1. The standard InChI is InChI=1S/C10H7Cl2N5/c11-8-3-7-5-17(16-2-1-13-6-16)15-14-10(7)4-9(8)12/h1-6,15H. The number of hydrogen-bond acceptors (Lipinski definition) is 4. The molecule has 2 heterocycles. The minimum Gasteiger partial charge on any atom is -0.243 e. The van der Waals surface area contributed by atoms with Crippen LogP contribution in [0.25, 0.3) is 6.20 Å². The Morgan fingerprint density at radius 1 is 1.18 bits per heavy atom. The number of halogens is 2. The molecule has 3 rings (SSSR count). The maximum Gasteiger partial charge on any atom is 0.116 e. The average Bonchev–Trinajstić information content (AvgIpc) is 2.83. The summed E-state index contributed by atoms with van der Waals surface area (Å²) >= 11 is 11.9. The molecular formula is C10H7Cl2N5. The van der Waals surface area contributed by atoms with E-state index in [4.69, 9.17) is 23.2 Å². The molecule has 1 aromatic heterocycles. The van der Waals surface area contributed by atoms with E-state index < -0.39 is 0 Å². The zero-order valence-electron chi connectivity index (χ0n) is 8.51. The third-order valence-electron chi connectivity index (χ3n) is 2.34. The Bertz CT molecular complexity index is 665. The van der Waals surface area contributed by atoms with Crippen LogP contribution in [-0.4, -0.2) is 9.66 Å². The zero-order chi connectivity index (χ0) is 11.8. The van der Waals surface area contributed by atoms with Gasteiger partial charge in [0.05, 0.1) is 21.6 Å². The SMILES string of the molecule is Clc1cc2c(cc1Cl)=NNN(n1ccnc1)C=2. The van der Waals surface area contributed by atoms with E-state index in [0.29, 0.717) is 10.0 Å². The van der Waals surface area contributed by atoms with Crippen molar-refractivity contribution in [3.05, 3.63) is 51.5 Å². The van der Waals surface area contributed by atoms with Gasteiger partial charge in [0.25, 0.3) is 0 Å². The van der Waals surface area contributed by atoms with Crippen LogP contribution in [0.5, 0.6) is 0 Å². The molecule has 0 amide bonds. The number of benzene rings is 1. The summed E-state index contributed by atoms with van der Waals surface area (Å²) < 4.78 is 1.74. The van der Waals surface area contributed by atoms with Crippen LogP contribution >= 0.6 is 23.2 Å². The highest BCUT2D eigenvalue weighted by atomic mass is 35.5. The maximum absolute atomic E-state index is 5.97. The Balaban J connectivity index is 2.13. The predicted molar refractivity (Wildman–Crippen MR) is 65.3 cm³/mol. The lowest BCUT2D eigenvalue weighted by Gasteiger charge is -2.21. The Labute approximate surface area is 107 Å². The van der Waals surface area contributed by atoms with Crippen molar-refractivity contribution in [2.45, 2.75) is 0 Å². The van der Waals surface area contributed by atoms with Crippen molar-refractivity contribution >= 4 is 29.4 Å². The second kappa shape index (κ2) is 3.94. The summed E-state index contributed by atoms with van der Waals surface area (Å²) in [5.41, 5.74) is 2.85. The second-order valence-electron chi connectivity index (χ2n) is 3.45. The van der Waals surface area contributed by atoms with E-state index in [-0.39, 0.29) is 0 Å². The van der Waals surface area contributed by atoms with Crippen molar-refractivity contribution in [2.75, 3.05) is 5.12 Å². The van der Waals surface area contributed by atoms with Gasteiger partial charge < -0.3 is 0 Å². The molecule has 0 radical (unpaired) electrons. The first-order valence-electron chi connectivity index (χ1n) is 4.82. The first-order valence-corrected chi connectivity index (χ1v) is 5.57. The number of nitrogens with zero attached hydrogens (tertiary/aromatic N) is 4. The lowest BCUT2D eigenvalue weighted by molar-refractivity contribution is 0.572. The van der Waals surface area contributed by atoms with E-state index in [2.05, 4.69) is 15.6 Å². The van der Waals surface area contributed by atoms with Crippen LogP contribution in [0.2, 0.25) is 10.0 Å². The van der Waals surface area contributed by atoms with Gasteiger partial charge in [-0.25, -0.2) is 9.66 Å². The highest BCUT2D eigenvalue weighted by Crippen LogP contribution is 2.16. The quantitative estimate of drug-likeness (QED) is 0.824. The molecular weight excluding hydrogens is 261 g/mol. The zero-order valence-corrected chi connectivity index (χ0v) is 10.0. The van der Waals surface area contributed by atoms with Crippen LogP contribution in [0.1, 0.15) is 0 Å².